The molecule has 0 N–H and O–H groups in total. The van der Waals surface area contributed by atoms with Crippen LogP contribution < -0.4 is 0 Å². The number of quaternary nitrogens is 1. The van der Waals surface area contributed by atoms with Crippen molar-refractivity contribution in [3.63, 3.8) is 0 Å². The molecule has 3 rings (SSSR count). The molecule has 0 amide bonds. The highest BCUT2D eigenvalue weighted by Gasteiger charge is 2.72. The first-order chi connectivity index (χ1) is 8.00. The van der Waals surface area contributed by atoms with Crippen LogP contribution in [0.25, 0.3) is 0 Å². The van der Waals surface area contributed by atoms with Gasteiger partial charge in [0.15, 0.2) is 0 Å². The number of nitrogens with zero attached hydrogens (tertiary/aromatic N) is 2. The van der Waals surface area contributed by atoms with Crippen molar-refractivity contribution in [2.75, 3.05) is 0 Å². The SMILES string of the molecule is C=C1CCC2B1C1N(C(C)C)C=C[N+]21C(C)C. The van der Waals surface area contributed by atoms with E-state index >= 15 is 0 Å². The molecule has 0 radical (unpaired) electrons. The third-order valence-corrected chi connectivity index (χ3v) is 5.29. The predicted molar refractivity (Wildman–Crippen MR) is 73.2 cm³/mol. The largest absolute Gasteiger partial charge is 0.339 e. The second-order valence-electron chi connectivity index (χ2n) is 6.53. The minimum absolute atomic E-state index is 0.601. The molecule has 3 aliphatic heterocycles. The molecule has 2 fully saturated rings. The molecule has 17 heavy (non-hydrogen) atoms. The minimum Gasteiger partial charge on any atom is -0.329 e. The summed E-state index contributed by atoms with van der Waals surface area (Å²) in [7, 11) is 0. The summed E-state index contributed by atoms with van der Waals surface area (Å²) < 4.78 is 1.20. The van der Waals surface area contributed by atoms with Gasteiger partial charge in [0, 0.05) is 6.04 Å². The Balaban J connectivity index is 1.99. The maximum atomic E-state index is 4.32. The van der Waals surface area contributed by atoms with Gasteiger partial charge in [-0.3, -0.25) is 4.48 Å². The van der Waals surface area contributed by atoms with Gasteiger partial charge >= 0.3 is 6.71 Å². The molecule has 0 aromatic heterocycles. The molecule has 2 saturated heterocycles. The Bertz CT molecular complexity index is 388. The van der Waals surface area contributed by atoms with E-state index in [1.807, 2.05) is 0 Å². The van der Waals surface area contributed by atoms with Gasteiger partial charge in [-0.2, -0.15) is 0 Å². The third-order valence-electron chi connectivity index (χ3n) is 5.29. The van der Waals surface area contributed by atoms with E-state index in [0.29, 0.717) is 18.1 Å². The Morgan fingerprint density at radius 3 is 2.71 bits per heavy atom. The van der Waals surface area contributed by atoms with Crippen LogP contribution in [0.2, 0.25) is 0 Å². The van der Waals surface area contributed by atoms with Crippen molar-refractivity contribution >= 4 is 6.71 Å². The zero-order chi connectivity index (χ0) is 12.4. The molecule has 3 atom stereocenters. The fraction of sp³-hybridized carbons (Fsp3) is 0.714. The van der Waals surface area contributed by atoms with Crippen molar-refractivity contribution in [3.05, 3.63) is 24.5 Å². The van der Waals surface area contributed by atoms with Crippen molar-refractivity contribution in [2.24, 2.45) is 0 Å². The van der Waals surface area contributed by atoms with Crippen LogP contribution in [0.1, 0.15) is 40.5 Å². The molecule has 3 unspecified atom stereocenters. The number of rotatable bonds is 2. The van der Waals surface area contributed by atoms with E-state index in [-0.39, 0.29) is 0 Å². The first kappa shape index (κ1) is 11.4. The summed E-state index contributed by atoms with van der Waals surface area (Å²) >= 11 is 0. The van der Waals surface area contributed by atoms with Crippen molar-refractivity contribution < 1.29 is 4.48 Å². The number of hydrogen-bond acceptors (Lipinski definition) is 1. The van der Waals surface area contributed by atoms with E-state index < -0.39 is 0 Å². The molecule has 3 aliphatic rings. The van der Waals surface area contributed by atoms with Gasteiger partial charge < -0.3 is 4.90 Å². The second-order valence-corrected chi connectivity index (χ2v) is 6.53. The first-order valence-electron chi connectivity index (χ1n) is 7.02. The zero-order valence-corrected chi connectivity index (χ0v) is 11.6. The normalized spacial score (nSPS) is 39.1. The van der Waals surface area contributed by atoms with E-state index in [1.54, 1.807) is 0 Å². The Labute approximate surface area is 106 Å². The molecule has 0 saturated carbocycles. The molecular weight excluding hydrogens is 207 g/mol. The monoisotopic (exact) mass is 231 g/mol. The topological polar surface area (TPSA) is 3.24 Å². The summed E-state index contributed by atoms with van der Waals surface area (Å²) in [4.78, 5) is 2.57. The average Bonchev–Trinajstić information content (AvgIpc) is 2.69. The van der Waals surface area contributed by atoms with Gasteiger partial charge in [-0.05, 0) is 40.5 Å². The van der Waals surface area contributed by atoms with Crippen LogP contribution in [-0.4, -0.2) is 40.2 Å². The van der Waals surface area contributed by atoms with E-state index in [2.05, 4.69) is 51.6 Å². The molecule has 2 nitrogen and oxygen atoms in total. The summed E-state index contributed by atoms with van der Waals surface area (Å²) in [5.41, 5.74) is 1.50. The fourth-order valence-corrected chi connectivity index (χ4v) is 4.47. The summed E-state index contributed by atoms with van der Waals surface area (Å²) in [6.45, 7) is 14.4. The number of hydrogen-bond donors (Lipinski definition) is 0. The molecule has 0 aromatic carbocycles. The smallest absolute Gasteiger partial charge is 0.329 e. The Hall–Kier alpha value is -0.695. The first-order valence-corrected chi connectivity index (χ1v) is 7.02. The van der Waals surface area contributed by atoms with Crippen LogP contribution in [0, 0.1) is 0 Å². The maximum absolute atomic E-state index is 4.32. The Morgan fingerprint density at radius 2 is 2.12 bits per heavy atom. The van der Waals surface area contributed by atoms with E-state index in [4.69, 9.17) is 0 Å². The van der Waals surface area contributed by atoms with Crippen molar-refractivity contribution in [2.45, 2.75) is 64.6 Å². The standard InChI is InChI=1S/C14H24BN2/c1-10(2)16-8-9-17(11(3)4)13-7-6-12(5)15(13)14(16)17/h8-11,13-14H,5-7H2,1-4H3/q+1. The van der Waals surface area contributed by atoms with Gasteiger partial charge in [0.2, 0.25) is 0 Å². The van der Waals surface area contributed by atoms with Crippen molar-refractivity contribution in [1.82, 2.24) is 4.90 Å². The van der Waals surface area contributed by atoms with Gasteiger partial charge in [-0.1, -0.05) is 5.47 Å². The van der Waals surface area contributed by atoms with Gasteiger partial charge in [-0.25, -0.2) is 0 Å². The molecule has 92 valence electrons. The lowest BCUT2D eigenvalue weighted by Crippen LogP contribution is -2.82. The predicted octanol–water partition coefficient (Wildman–Crippen LogP) is 2.58. The van der Waals surface area contributed by atoms with Crippen molar-refractivity contribution in [3.8, 4) is 0 Å². The van der Waals surface area contributed by atoms with E-state index in [9.17, 15) is 0 Å². The Morgan fingerprint density at radius 1 is 1.41 bits per heavy atom. The lowest BCUT2D eigenvalue weighted by atomic mass is 9.32. The van der Waals surface area contributed by atoms with Gasteiger partial charge in [0.05, 0.1) is 18.2 Å². The van der Waals surface area contributed by atoms with Crippen LogP contribution in [-0.2, 0) is 0 Å². The third kappa shape index (κ3) is 1.16. The summed E-state index contributed by atoms with van der Waals surface area (Å²) in [5, 5.41) is 0. The molecule has 0 aliphatic carbocycles. The van der Waals surface area contributed by atoms with Crippen molar-refractivity contribution in [1.29, 1.82) is 0 Å². The quantitative estimate of drug-likeness (QED) is 0.521. The van der Waals surface area contributed by atoms with E-state index in [1.165, 1.54) is 22.8 Å². The van der Waals surface area contributed by atoms with E-state index in [0.717, 1.165) is 12.7 Å². The molecule has 3 heteroatoms. The molecule has 0 aromatic rings. The second kappa shape index (κ2) is 3.41. The molecule has 3 heterocycles. The lowest BCUT2D eigenvalue weighted by Gasteiger charge is -2.60. The van der Waals surface area contributed by atoms with Gasteiger partial charge in [0.25, 0.3) is 0 Å². The highest BCUT2D eigenvalue weighted by atomic mass is 15.6. The number of fused-ring (bicyclic) bond motifs is 4. The molecule has 0 bridgehead atoms. The van der Waals surface area contributed by atoms with Crippen LogP contribution in [0.15, 0.2) is 24.5 Å². The molecule has 0 spiro atoms. The van der Waals surface area contributed by atoms with Crippen LogP contribution >= 0.6 is 0 Å². The van der Waals surface area contributed by atoms with Crippen LogP contribution in [0.3, 0.4) is 0 Å². The highest BCUT2D eigenvalue weighted by molar-refractivity contribution is 6.72. The lowest BCUT2D eigenvalue weighted by molar-refractivity contribution is -0.949. The summed E-state index contributed by atoms with van der Waals surface area (Å²) in [5.74, 6) is 0.812. The zero-order valence-electron chi connectivity index (χ0n) is 11.6. The minimum atomic E-state index is 0.601. The highest BCUT2D eigenvalue weighted by Crippen LogP contribution is 2.52. The van der Waals surface area contributed by atoms with Crippen LogP contribution in [0.5, 0.6) is 0 Å². The number of allylic oxidation sites excluding steroid dienone is 1. The average molecular weight is 231 g/mol. The summed E-state index contributed by atoms with van der Waals surface area (Å²) in [6, 6.07) is 1.94. The maximum Gasteiger partial charge on any atom is 0.339 e. The van der Waals surface area contributed by atoms with Gasteiger partial charge in [0.1, 0.15) is 12.3 Å². The summed E-state index contributed by atoms with van der Waals surface area (Å²) in [6.07, 6.45) is 7.41. The Kier molecular flexibility index (Phi) is 2.29. The van der Waals surface area contributed by atoms with Crippen LogP contribution in [0.4, 0.5) is 0 Å². The fourth-order valence-electron chi connectivity index (χ4n) is 4.47. The molecular formula is C14H24BN2+. The van der Waals surface area contributed by atoms with Gasteiger partial charge in [-0.15, -0.1) is 6.58 Å².